The van der Waals surface area contributed by atoms with E-state index in [0.29, 0.717) is 0 Å². The maximum absolute atomic E-state index is 5.80. The molecule has 4 nitrogen and oxygen atoms in total. The molecular weight excluding hydrogens is 248 g/mol. The summed E-state index contributed by atoms with van der Waals surface area (Å²) in [6.45, 7) is 2.07. The molecule has 0 fully saturated rings. The lowest BCUT2D eigenvalue weighted by molar-refractivity contribution is 0.944. The van der Waals surface area contributed by atoms with Crippen LogP contribution in [0.5, 0.6) is 0 Å². The summed E-state index contributed by atoms with van der Waals surface area (Å²) in [4.78, 5) is 12.5. The molecule has 3 aromatic heterocycles. The second-order valence-corrected chi connectivity index (χ2v) is 4.57. The van der Waals surface area contributed by atoms with Gasteiger partial charge in [-0.05, 0) is 36.2 Å². The van der Waals surface area contributed by atoms with E-state index >= 15 is 0 Å². The van der Waals surface area contributed by atoms with Crippen LogP contribution in [-0.2, 0) is 7.05 Å². The summed E-state index contributed by atoms with van der Waals surface area (Å²) >= 11 is 5.80. The summed E-state index contributed by atoms with van der Waals surface area (Å²) in [6.07, 6.45) is 5.52. The zero-order valence-corrected chi connectivity index (χ0v) is 10.8. The van der Waals surface area contributed by atoms with Gasteiger partial charge in [-0.2, -0.15) is 0 Å². The van der Waals surface area contributed by atoms with Crippen LogP contribution in [0.4, 0.5) is 0 Å². The zero-order valence-electron chi connectivity index (χ0n) is 10.1. The van der Waals surface area contributed by atoms with Crippen LogP contribution in [0.25, 0.3) is 22.3 Å². The Hall–Kier alpha value is -1.94. The molecule has 3 rings (SSSR count). The van der Waals surface area contributed by atoms with Gasteiger partial charge in [-0.15, -0.1) is 0 Å². The van der Waals surface area contributed by atoms with Gasteiger partial charge in [-0.3, -0.25) is 0 Å². The monoisotopic (exact) mass is 258 g/mol. The standard InChI is InChI=1S/C13H11ClN4/c1-8-7-18(2)12-10(8)5-9(6-16-12)11-3-4-15-13(14)17-11/h3-7H,1-2H3. The number of hydrogen-bond donors (Lipinski definition) is 0. The highest BCUT2D eigenvalue weighted by Crippen LogP contribution is 2.24. The molecule has 3 heterocycles. The molecule has 18 heavy (non-hydrogen) atoms. The number of aromatic nitrogens is 4. The van der Waals surface area contributed by atoms with Crippen molar-refractivity contribution in [3.05, 3.63) is 41.6 Å². The summed E-state index contributed by atoms with van der Waals surface area (Å²) in [6, 6.07) is 3.91. The molecule has 90 valence electrons. The van der Waals surface area contributed by atoms with Gasteiger partial charge in [0.15, 0.2) is 0 Å². The second kappa shape index (κ2) is 4.07. The van der Waals surface area contributed by atoms with Gasteiger partial charge in [0, 0.05) is 36.6 Å². The van der Waals surface area contributed by atoms with Crippen molar-refractivity contribution in [2.45, 2.75) is 6.92 Å². The highest BCUT2D eigenvalue weighted by molar-refractivity contribution is 6.28. The minimum Gasteiger partial charge on any atom is -0.335 e. The SMILES string of the molecule is Cc1cn(C)c2ncc(-c3ccnc(Cl)n3)cc12. The van der Waals surface area contributed by atoms with E-state index in [0.717, 1.165) is 22.3 Å². The van der Waals surface area contributed by atoms with Crippen molar-refractivity contribution in [1.29, 1.82) is 0 Å². The molecule has 0 radical (unpaired) electrons. The molecule has 0 atom stereocenters. The number of pyridine rings is 1. The maximum atomic E-state index is 5.80. The molecule has 0 aliphatic heterocycles. The number of fused-ring (bicyclic) bond motifs is 1. The first-order valence-electron chi connectivity index (χ1n) is 5.56. The fourth-order valence-electron chi connectivity index (χ4n) is 2.09. The Morgan fingerprint density at radius 2 is 2.11 bits per heavy atom. The van der Waals surface area contributed by atoms with E-state index in [1.165, 1.54) is 5.56 Å². The largest absolute Gasteiger partial charge is 0.335 e. The van der Waals surface area contributed by atoms with Crippen LogP contribution < -0.4 is 0 Å². The molecule has 0 unspecified atom stereocenters. The fraction of sp³-hybridized carbons (Fsp3) is 0.154. The van der Waals surface area contributed by atoms with E-state index in [4.69, 9.17) is 11.6 Å². The highest BCUT2D eigenvalue weighted by Gasteiger charge is 2.07. The fourth-order valence-corrected chi connectivity index (χ4v) is 2.23. The number of rotatable bonds is 1. The predicted octanol–water partition coefficient (Wildman–Crippen LogP) is 2.99. The maximum Gasteiger partial charge on any atom is 0.222 e. The van der Waals surface area contributed by atoms with E-state index in [-0.39, 0.29) is 5.28 Å². The third-order valence-corrected chi connectivity index (χ3v) is 3.12. The van der Waals surface area contributed by atoms with Crippen molar-refractivity contribution in [2.75, 3.05) is 0 Å². The molecule has 5 heteroatoms. The van der Waals surface area contributed by atoms with E-state index in [2.05, 4.69) is 34.1 Å². The van der Waals surface area contributed by atoms with Crippen LogP contribution >= 0.6 is 11.6 Å². The molecule has 0 aliphatic carbocycles. The van der Waals surface area contributed by atoms with Crippen molar-refractivity contribution in [3.63, 3.8) is 0 Å². The van der Waals surface area contributed by atoms with Crippen LogP contribution in [-0.4, -0.2) is 19.5 Å². The minimum absolute atomic E-state index is 0.248. The van der Waals surface area contributed by atoms with E-state index in [1.807, 2.05) is 17.7 Å². The normalized spacial score (nSPS) is 11.1. The summed E-state index contributed by atoms with van der Waals surface area (Å²) < 4.78 is 2.02. The predicted molar refractivity (Wildman–Crippen MR) is 71.5 cm³/mol. The van der Waals surface area contributed by atoms with Gasteiger partial charge in [-0.1, -0.05) is 0 Å². The van der Waals surface area contributed by atoms with Gasteiger partial charge in [-0.25, -0.2) is 15.0 Å². The molecule has 0 bridgehead atoms. The van der Waals surface area contributed by atoms with Crippen molar-refractivity contribution < 1.29 is 0 Å². The van der Waals surface area contributed by atoms with Crippen LogP contribution in [0, 0.1) is 6.92 Å². The van der Waals surface area contributed by atoms with Crippen molar-refractivity contribution in [3.8, 4) is 11.3 Å². The number of halogens is 1. The summed E-state index contributed by atoms with van der Waals surface area (Å²) in [5.74, 6) is 0. The molecule has 0 N–H and O–H groups in total. The lowest BCUT2D eigenvalue weighted by Gasteiger charge is -2.02. The Morgan fingerprint density at radius 1 is 1.28 bits per heavy atom. The Morgan fingerprint density at radius 3 is 2.89 bits per heavy atom. The molecule has 0 saturated carbocycles. The minimum atomic E-state index is 0.248. The van der Waals surface area contributed by atoms with Gasteiger partial charge in [0.25, 0.3) is 0 Å². The average Bonchev–Trinajstić information content (AvgIpc) is 2.65. The van der Waals surface area contributed by atoms with Crippen LogP contribution in [0.3, 0.4) is 0 Å². The van der Waals surface area contributed by atoms with E-state index in [1.54, 1.807) is 12.4 Å². The third kappa shape index (κ3) is 1.75. The van der Waals surface area contributed by atoms with Crippen molar-refractivity contribution in [1.82, 2.24) is 19.5 Å². The first-order valence-corrected chi connectivity index (χ1v) is 5.93. The molecule has 0 saturated heterocycles. The summed E-state index contributed by atoms with van der Waals surface area (Å²) in [5, 5.41) is 1.38. The van der Waals surface area contributed by atoms with Gasteiger partial charge < -0.3 is 4.57 Å². The van der Waals surface area contributed by atoms with Gasteiger partial charge in [0.2, 0.25) is 5.28 Å². The Kier molecular flexibility index (Phi) is 2.52. The lowest BCUT2D eigenvalue weighted by atomic mass is 10.1. The van der Waals surface area contributed by atoms with Gasteiger partial charge in [0.1, 0.15) is 5.65 Å². The third-order valence-electron chi connectivity index (χ3n) is 2.93. The van der Waals surface area contributed by atoms with E-state index < -0.39 is 0 Å². The first kappa shape index (κ1) is 11.2. The molecule has 0 aliphatic rings. The Balaban J connectivity index is 2.22. The molecule has 3 aromatic rings. The Bertz CT molecular complexity index is 733. The average molecular weight is 259 g/mol. The van der Waals surface area contributed by atoms with Crippen molar-refractivity contribution >= 4 is 22.6 Å². The molecule has 0 amide bonds. The zero-order chi connectivity index (χ0) is 12.7. The summed E-state index contributed by atoms with van der Waals surface area (Å²) in [7, 11) is 1.99. The van der Waals surface area contributed by atoms with Crippen LogP contribution in [0.1, 0.15) is 5.56 Å². The Labute approximate surface area is 109 Å². The number of nitrogens with zero attached hydrogens (tertiary/aromatic N) is 4. The van der Waals surface area contributed by atoms with Gasteiger partial charge >= 0.3 is 0 Å². The topological polar surface area (TPSA) is 43.6 Å². The molecular formula is C13H11ClN4. The van der Waals surface area contributed by atoms with Crippen LogP contribution in [0.2, 0.25) is 5.28 Å². The summed E-state index contributed by atoms with van der Waals surface area (Å²) in [5.41, 5.74) is 3.90. The lowest BCUT2D eigenvalue weighted by Crippen LogP contribution is -1.90. The van der Waals surface area contributed by atoms with Crippen molar-refractivity contribution in [2.24, 2.45) is 7.05 Å². The quantitative estimate of drug-likeness (QED) is 0.630. The van der Waals surface area contributed by atoms with Crippen LogP contribution in [0.15, 0.2) is 30.7 Å². The van der Waals surface area contributed by atoms with Gasteiger partial charge in [0.05, 0.1) is 5.69 Å². The molecule has 0 spiro atoms. The smallest absolute Gasteiger partial charge is 0.222 e. The van der Waals surface area contributed by atoms with E-state index in [9.17, 15) is 0 Å². The highest BCUT2D eigenvalue weighted by atomic mass is 35.5. The number of hydrogen-bond acceptors (Lipinski definition) is 3. The molecule has 0 aromatic carbocycles. The number of aryl methyl sites for hydroxylation is 2. The first-order chi connectivity index (χ1) is 8.65. The second-order valence-electron chi connectivity index (χ2n) is 4.23.